The first-order valence-corrected chi connectivity index (χ1v) is 18.5. The molecule has 4 aromatic rings. The van der Waals surface area contributed by atoms with Crippen LogP contribution in [-0.2, 0) is 32.6 Å². The molecule has 11 heteroatoms. The number of anilines is 1. The molecule has 1 aliphatic rings. The molecular formula is C37H38Cl3N3O4S. The van der Waals surface area contributed by atoms with E-state index in [1.165, 1.54) is 17.0 Å². The molecule has 0 spiro atoms. The van der Waals surface area contributed by atoms with Crippen molar-refractivity contribution in [3.05, 3.63) is 129 Å². The van der Waals surface area contributed by atoms with Gasteiger partial charge in [0.05, 0.1) is 20.6 Å². The number of rotatable bonds is 12. The highest BCUT2D eigenvalue weighted by molar-refractivity contribution is 7.92. The van der Waals surface area contributed by atoms with Crippen LogP contribution in [0.4, 0.5) is 5.69 Å². The van der Waals surface area contributed by atoms with Crippen LogP contribution in [0.1, 0.15) is 48.8 Å². The average molecular weight is 727 g/mol. The SMILES string of the molecule is Cc1c(Cl)cccc1N(CC(=O)N(Cc1ccc(Cl)c(Cl)c1)[C@H](Cc1ccccc1)C(=O)NC1CCCCC1)S(=O)(=O)c1ccccc1. The molecule has 0 aliphatic heterocycles. The van der Waals surface area contributed by atoms with E-state index in [9.17, 15) is 18.0 Å². The van der Waals surface area contributed by atoms with Crippen LogP contribution in [-0.4, -0.2) is 43.8 Å². The van der Waals surface area contributed by atoms with Gasteiger partial charge in [0.25, 0.3) is 10.0 Å². The van der Waals surface area contributed by atoms with Crippen LogP contribution in [0.3, 0.4) is 0 Å². The number of nitrogens with one attached hydrogen (secondary N) is 1. The third-order valence-electron chi connectivity index (χ3n) is 8.68. The lowest BCUT2D eigenvalue weighted by atomic mass is 9.94. The number of amides is 2. The van der Waals surface area contributed by atoms with E-state index in [1.54, 1.807) is 61.5 Å². The predicted molar refractivity (Wildman–Crippen MR) is 193 cm³/mol. The van der Waals surface area contributed by atoms with Crippen molar-refractivity contribution in [3.8, 4) is 0 Å². The van der Waals surface area contributed by atoms with Gasteiger partial charge in [-0.3, -0.25) is 13.9 Å². The molecule has 1 atom stereocenters. The van der Waals surface area contributed by atoms with E-state index in [0.717, 1.165) is 42.0 Å². The first-order valence-electron chi connectivity index (χ1n) is 15.9. The van der Waals surface area contributed by atoms with Gasteiger partial charge in [0.1, 0.15) is 12.6 Å². The van der Waals surface area contributed by atoms with E-state index in [0.29, 0.717) is 26.2 Å². The monoisotopic (exact) mass is 725 g/mol. The van der Waals surface area contributed by atoms with Gasteiger partial charge in [-0.15, -0.1) is 0 Å². The number of carbonyl (C=O) groups is 2. The molecule has 0 heterocycles. The summed E-state index contributed by atoms with van der Waals surface area (Å²) >= 11 is 19.1. The molecule has 0 saturated heterocycles. The van der Waals surface area contributed by atoms with Crippen LogP contribution in [0.15, 0.2) is 102 Å². The number of hydrogen-bond donors (Lipinski definition) is 1. The molecule has 0 radical (unpaired) electrons. The van der Waals surface area contributed by atoms with Crippen LogP contribution < -0.4 is 9.62 Å². The molecule has 5 rings (SSSR count). The summed E-state index contributed by atoms with van der Waals surface area (Å²) in [7, 11) is -4.25. The molecule has 0 unspecified atom stereocenters. The molecule has 7 nitrogen and oxygen atoms in total. The van der Waals surface area contributed by atoms with Gasteiger partial charge in [-0.1, -0.05) is 115 Å². The molecule has 252 valence electrons. The molecular weight excluding hydrogens is 689 g/mol. The summed E-state index contributed by atoms with van der Waals surface area (Å²) < 4.78 is 29.6. The van der Waals surface area contributed by atoms with E-state index in [4.69, 9.17) is 34.8 Å². The Bertz CT molecular complexity index is 1840. The number of halogens is 3. The Morgan fingerprint density at radius 3 is 2.12 bits per heavy atom. The van der Waals surface area contributed by atoms with Crippen molar-refractivity contribution >= 4 is 62.3 Å². The van der Waals surface area contributed by atoms with E-state index in [2.05, 4.69) is 5.32 Å². The van der Waals surface area contributed by atoms with Gasteiger partial charge >= 0.3 is 0 Å². The Labute approximate surface area is 297 Å². The summed E-state index contributed by atoms with van der Waals surface area (Å²) in [5, 5.41) is 4.22. The molecule has 2 amide bonds. The van der Waals surface area contributed by atoms with E-state index in [-0.39, 0.29) is 35.5 Å². The van der Waals surface area contributed by atoms with Gasteiger partial charge in [-0.05, 0) is 72.9 Å². The molecule has 48 heavy (non-hydrogen) atoms. The summed E-state index contributed by atoms with van der Waals surface area (Å²) in [5.74, 6) is -0.866. The van der Waals surface area contributed by atoms with Gasteiger partial charge in [-0.25, -0.2) is 8.42 Å². The molecule has 1 aliphatic carbocycles. The Hall–Kier alpha value is -3.56. The third-order valence-corrected chi connectivity index (χ3v) is 11.6. The Kier molecular flexibility index (Phi) is 12.1. The summed E-state index contributed by atoms with van der Waals surface area (Å²) in [5.41, 5.74) is 2.25. The summed E-state index contributed by atoms with van der Waals surface area (Å²) in [6.07, 6.45) is 5.10. The molecule has 0 aromatic heterocycles. The van der Waals surface area contributed by atoms with Crippen molar-refractivity contribution in [1.29, 1.82) is 0 Å². The highest BCUT2D eigenvalue weighted by Gasteiger charge is 2.36. The minimum absolute atomic E-state index is 0.00415. The lowest BCUT2D eigenvalue weighted by Crippen LogP contribution is -2.55. The minimum Gasteiger partial charge on any atom is -0.352 e. The average Bonchev–Trinajstić information content (AvgIpc) is 3.09. The first kappa shape index (κ1) is 35.7. The Morgan fingerprint density at radius 1 is 0.792 bits per heavy atom. The fourth-order valence-electron chi connectivity index (χ4n) is 6.03. The number of nitrogens with zero attached hydrogens (tertiary/aromatic N) is 2. The first-order chi connectivity index (χ1) is 23.0. The van der Waals surface area contributed by atoms with Crippen molar-refractivity contribution in [2.45, 2.75) is 69.0 Å². The normalized spacial score (nSPS) is 14.2. The van der Waals surface area contributed by atoms with E-state index < -0.39 is 28.5 Å². The minimum atomic E-state index is -4.25. The quantitative estimate of drug-likeness (QED) is 0.159. The van der Waals surface area contributed by atoms with Gasteiger partial charge < -0.3 is 10.2 Å². The van der Waals surface area contributed by atoms with Crippen LogP contribution in [0.5, 0.6) is 0 Å². The topological polar surface area (TPSA) is 86.8 Å². The van der Waals surface area contributed by atoms with Crippen molar-refractivity contribution < 1.29 is 18.0 Å². The second kappa shape index (κ2) is 16.2. The van der Waals surface area contributed by atoms with Gasteiger partial charge in [0.2, 0.25) is 11.8 Å². The number of carbonyl (C=O) groups excluding carboxylic acids is 2. The van der Waals surface area contributed by atoms with E-state index >= 15 is 0 Å². The molecule has 0 bridgehead atoms. The largest absolute Gasteiger partial charge is 0.352 e. The van der Waals surface area contributed by atoms with Gasteiger partial charge in [0.15, 0.2) is 0 Å². The second-order valence-corrected chi connectivity index (χ2v) is 15.1. The fraction of sp³-hybridized carbons (Fsp3) is 0.297. The maximum Gasteiger partial charge on any atom is 0.264 e. The summed E-state index contributed by atoms with van der Waals surface area (Å²) in [6.45, 7) is 1.11. The molecule has 4 aromatic carbocycles. The Morgan fingerprint density at radius 2 is 1.46 bits per heavy atom. The highest BCUT2D eigenvalue weighted by atomic mass is 35.5. The standard InChI is InChI=1S/C37H38Cl3N3O4S/c1-26-31(38)18-11-19-34(26)43(48(46,47)30-16-9-4-10-17-30)25-36(44)42(24-28-20-21-32(39)33(40)22-28)35(23-27-12-5-2-6-13-27)37(45)41-29-14-7-3-8-15-29/h2,4-6,9-13,16-22,29,35H,3,7-8,14-15,23-25H2,1H3,(H,41,45)/t35-/m1/s1. The predicted octanol–water partition coefficient (Wildman–Crippen LogP) is 8.24. The van der Waals surface area contributed by atoms with Crippen LogP contribution in [0, 0.1) is 6.92 Å². The highest BCUT2D eigenvalue weighted by Crippen LogP contribution is 2.32. The van der Waals surface area contributed by atoms with Gasteiger partial charge in [0, 0.05) is 24.0 Å². The van der Waals surface area contributed by atoms with Crippen LogP contribution >= 0.6 is 34.8 Å². The van der Waals surface area contributed by atoms with Crippen molar-refractivity contribution in [2.24, 2.45) is 0 Å². The lowest BCUT2D eigenvalue weighted by molar-refractivity contribution is -0.140. The van der Waals surface area contributed by atoms with Crippen molar-refractivity contribution in [2.75, 3.05) is 10.8 Å². The van der Waals surface area contributed by atoms with Crippen molar-refractivity contribution in [3.63, 3.8) is 0 Å². The molecule has 1 N–H and O–H groups in total. The summed E-state index contributed by atoms with van der Waals surface area (Å²) in [6, 6.07) is 26.4. The van der Waals surface area contributed by atoms with Gasteiger partial charge in [-0.2, -0.15) is 0 Å². The van der Waals surface area contributed by atoms with E-state index in [1.807, 2.05) is 30.3 Å². The second-order valence-electron chi connectivity index (χ2n) is 12.0. The zero-order valence-electron chi connectivity index (χ0n) is 26.6. The lowest BCUT2D eigenvalue weighted by Gasteiger charge is -2.35. The maximum absolute atomic E-state index is 14.7. The number of benzene rings is 4. The Balaban J connectivity index is 1.59. The number of hydrogen-bond acceptors (Lipinski definition) is 4. The molecule has 1 fully saturated rings. The maximum atomic E-state index is 14.7. The van der Waals surface area contributed by atoms with Crippen LogP contribution in [0.25, 0.3) is 0 Å². The fourth-order valence-corrected chi connectivity index (χ4v) is 8.02. The zero-order chi connectivity index (χ0) is 34.3. The zero-order valence-corrected chi connectivity index (χ0v) is 29.7. The molecule has 1 saturated carbocycles. The van der Waals surface area contributed by atoms with Crippen molar-refractivity contribution in [1.82, 2.24) is 10.2 Å². The number of sulfonamides is 1. The third kappa shape index (κ3) is 8.72. The van der Waals surface area contributed by atoms with Crippen LogP contribution in [0.2, 0.25) is 15.1 Å². The smallest absolute Gasteiger partial charge is 0.264 e. The summed E-state index contributed by atoms with van der Waals surface area (Å²) in [4.78, 5) is 30.5.